The molecule has 1 atom stereocenters. The molecule has 1 saturated heterocycles. The Bertz CT molecular complexity index is 973. The number of aryl methyl sites for hydroxylation is 1. The Balaban J connectivity index is 1.73. The standard InChI is InChI=1S/C21H26N2O5S/c1-15-6-9-18(10-7-15)29(25,26)23-12-4-5-16(14-23)21(24)22-19-11-8-17(27-2)13-20(19)28-3/h6-11,13,16H,4-5,12,14H2,1-3H3,(H,22,24)/t16-/m0/s1. The number of hydrogen-bond donors (Lipinski definition) is 1. The highest BCUT2D eigenvalue weighted by atomic mass is 32.2. The van der Waals surface area contributed by atoms with Crippen molar-refractivity contribution < 1.29 is 22.7 Å². The fourth-order valence-electron chi connectivity index (χ4n) is 3.37. The summed E-state index contributed by atoms with van der Waals surface area (Å²) in [6.07, 6.45) is 1.26. The summed E-state index contributed by atoms with van der Waals surface area (Å²) >= 11 is 0. The molecule has 1 amide bonds. The van der Waals surface area contributed by atoms with E-state index in [0.717, 1.165) is 5.56 Å². The zero-order chi connectivity index (χ0) is 21.0. The zero-order valence-corrected chi connectivity index (χ0v) is 17.7. The minimum Gasteiger partial charge on any atom is -0.497 e. The van der Waals surface area contributed by atoms with Crippen LogP contribution in [0, 0.1) is 12.8 Å². The van der Waals surface area contributed by atoms with Crippen LogP contribution in [0.15, 0.2) is 47.4 Å². The Labute approximate surface area is 171 Å². The van der Waals surface area contributed by atoms with Crippen LogP contribution in [0.2, 0.25) is 0 Å². The normalized spacial score (nSPS) is 17.6. The van der Waals surface area contributed by atoms with Crippen molar-refractivity contribution in [3.05, 3.63) is 48.0 Å². The number of sulfonamides is 1. The molecule has 1 N–H and O–H groups in total. The van der Waals surface area contributed by atoms with E-state index in [4.69, 9.17) is 9.47 Å². The second-order valence-electron chi connectivity index (χ2n) is 7.07. The third kappa shape index (κ3) is 4.71. The highest BCUT2D eigenvalue weighted by Gasteiger charge is 2.33. The molecule has 7 nitrogen and oxygen atoms in total. The van der Waals surface area contributed by atoms with Crippen molar-refractivity contribution in [2.45, 2.75) is 24.7 Å². The number of methoxy groups -OCH3 is 2. The molecule has 0 spiro atoms. The van der Waals surface area contributed by atoms with Gasteiger partial charge in [-0.2, -0.15) is 4.31 Å². The fraction of sp³-hybridized carbons (Fsp3) is 0.381. The van der Waals surface area contributed by atoms with Crippen LogP contribution in [0.4, 0.5) is 5.69 Å². The van der Waals surface area contributed by atoms with E-state index in [1.807, 2.05) is 6.92 Å². The number of carbonyl (C=O) groups excluding carboxylic acids is 1. The van der Waals surface area contributed by atoms with Crippen LogP contribution < -0.4 is 14.8 Å². The van der Waals surface area contributed by atoms with Gasteiger partial charge in [-0.05, 0) is 44.0 Å². The summed E-state index contributed by atoms with van der Waals surface area (Å²) in [7, 11) is -0.559. The lowest BCUT2D eigenvalue weighted by atomic mass is 9.98. The molecule has 0 saturated carbocycles. The average Bonchev–Trinajstić information content (AvgIpc) is 2.74. The van der Waals surface area contributed by atoms with E-state index in [2.05, 4.69) is 5.32 Å². The van der Waals surface area contributed by atoms with Gasteiger partial charge in [0, 0.05) is 19.2 Å². The average molecular weight is 419 g/mol. The Hall–Kier alpha value is -2.58. The van der Waals surface area contributed by atoms with Crippen molar-refractivity contribution >= 4 is 21.6 Å². The maximum Gasteiger partial charge on any atom is 0.243 e. The van der Waals surface area contributed by atoms with Gasteiger partial charge in [0.2, 0.25) is 15.9 Å². The van der Waals surface area contributed by atoms with Crippen molar-refractivity contribution in [1.82, 2.24) is 4.31 Å². The molecule has 3 rings (SSSR count). The minimum atomic E-state index is -3.63. The van der Waals surface area contributed by atoms with Crippen LogP contribution in [-0.2, 0) is 14.8 Å². The van der Waals surface area contributed by atoms with Gasteiger partial charge in [-0.1, -0.05) is 17.7 Å². The minimum absolute atomic E-state index is 0.153. The number of hydrogen-bond acceptors (Lipinski definition) is 5. The van der Waals surface area contributed by atoms with E-state index in [0.29, 0.717) is 36.6 Å². The first-order valence-corrected chi connectivity index (χ1v) is 10.9. The van der Waals surface area contributed by atoms with E-state index in [-0.39, 0.29) is 17.3 Å². The van der Waals surface area contributed by atoms with Crippen molar-refractivity contribution in [2.24, 2.45) is 5.92 Å². The molecule has 0 unspecified atom stereocenters. The third-order valence-electron chi connectivity index (χ3n) is 5.08. The molecule has 0 bridgehead atoms. The smallest absolute Gasteiger partial charge is 0.243 e. The second kappa shape index (κ2) is 8.84. The molecule has 1 aliphatic heterocycles. The summed E-state index contributed by atoms with van der Waals surface area (Å²) in [4.78, 5) is 13.1. The molecule has 29 heavy (non-hydrogen) atoms. The van der Waals surface area contributed by atoms with Crippen LogP contribution in [0.3, 0.4) is 0 Å². The number of piperidine rings is 1. The third-order valence-corrected chi connectivity index (χ3v) is 6.96. The SMILES string of the molecule is COc1ccc(NC(=O)[C@H]2CCCN(S(=O)(=O)c3ccc(C)cc3)C2)c(OC)c1. The van der Waals surface area contributed by atoms with E-state index in [1.165, 1.54) is 11.4 Å². The Morgan fingerprint density at radius 2 is 1.83 bits per heavy atom. The Morgan fingerprint density at radius 3 is 2.48 bits per heavy atom. The summed E-state index contributed by atoms with van der Waals surface area (Å²) in [5.41, 5.74) is 1.52. The number of carbonyl (C=O) groups is 1. The quantitative estimate of drug-likeness (QED) is 0.779. The second-order valence-corrected chi connectivity index (χ2v) is 9.01. The summed E-state index contributed by atoms with van der Waals surface area (Å²) in [5.74, 6) is 0.443. The Morgan fingerprint density at radius 1 is 1.10 bits per heavy atom. The van der Waals surface area contributed by atoms with E-state index in [1.54, 1.807) is 49.6 Å². The first kappa shape index (κ1) is 21.1. The molecular weight excluding hydrogens is 392 g/mol. The molecule has 0 radical (unpaired) electrons. The largest absolute Gasteiger partial charge is 0.497 e. The van der Waals surface area contributed by atoms with Crippen molar-refractivity contribution in [3.8, 4) is 11.5 Å². The molecule has 2 aromatic rings. The summed E-state index contributed by atoms with van der Waals surface area (Å²) in [6.45, 7) is 2.47. The van der Waals surface area contributed by atoms with Crippen molar-refractivity contribution in [2.75, 3.05) is 32.6 Å². The van der Waals surface area contributed by atoms with Crippen LogP contribution in [0.5, 0.6) is 11.5 Å². The van der Waals surface area contributed by atoms with Gasteiger partial charge >= 0.3 is 0 Å². The van der Waals surface area contributed by atoms with Gasteiger partial charge in [0.25, 0.3) is 0 Å². The molecule has 2 aromatic carbocycles. The maximum atomic E-state index is 13.0. The van der Waals surface area contributed by atoms with E-state index < -0.39 is 15.9 Å². The highest BCUT2D eigenvalue weighted by molar-refractivity contribution is 7.89. The number of nitrogens with zero attached hydrogens (tertiary/aromatic N) is 1. The van der Waals surface area contributed by atoms with Crippen molar-refractivity contribution in [3.63, 3.8) is 0 Å². The number of rotatable bonds is 6. The van der Waals surface area contributed by atoms with Crippen LogP contribution in [0.1, 0.15) is 18.4 Å². The lowest BCUT2D eigenvalue weighted by molar-refractivity contribution is -0.120. The lowest BCUT2D eigenvalue weighted by Gasteiger charge is -2.31. The number of ether oxygens (including phenoxy) is 2. The van der Waals surface area contributed by atoms with Gasteiger partial charge in [0.15, 0.2) is 0 Å². The molecule has 1 fully saturated rings. The zero-order valence-electron chi connectivity index (χ0n) is 16.8. The first-order valence-electron chi connectivity index (χ1n) is 9.45. The predicted octanol–water partition coefficient (Wildman–Crippen LogP) is 3.05. The number of anilines is 1. The van der Waals surface area contributed by atoms with E-state index in [9.17, 15) is 13.2 Å². The lowest BCUT2D eigenvalue weighted by Crippen LogP contribution is -2.43. The van der Waals surface area contributed by atoms with Crippen molar-refractivity contribution in [1.29, 1.82) is 0 Å². The van der Waals surface area contributed by atoms with Gasteiger partial charge in [-0.15, -0.1) is 0 Å². The van der Waals surface area contributed by atoms with Crippen LogP contribution >= 0.6 is 0 Å². The summed E-state index contributed by atoms with van der Waals surface area (Å²) in [6, 6.07) is 11.9. The van der Waals surface area contributed by atoms with Gasteiger partial charge in [-0.3, -0.25) is 4.79 Å². The molecular formula is C21H26N2O5S. The maximum absolute atomic E-state index is 13.0. The Kier molecular flexibility index (Phi) is 6.44. The summed E-state index contributed by atoms with van der Waals surface area (Å²) in [5, 5.41) is 2.86. The monoisotopic (exact) mass is 418 g/mol. The molecule has 1 heterocycles. The summed E-state index contributed by atoms with van der Waals surface area (Å²) < 4.78 is 37.8. The van der Waals surface area contributed by atoms with Crippen LogP contribution in [0.25, 0.3) is 0 Å². The van der Waals surface area contributed by atoms with Gasteiger partial charge in [0.1, 0.15) is 11.5 Å². The van der Waals surface area contributed by atoms with Gasteiger partial charge < -0.3 is 14.8 Å². The highest BCUT2D eigenvalue weighted by Crippen LogP contribution is 2.31. The van der Waals surface area contributed by atoms with Gasteiger partial charge in [0.05, 0.1) is 30.7 Å². The van der Waals surface area contributed by atoms with E-state index >= 15 is 0 Å². The topological polar surface area (TPSA) is 84.9 Å². The molecule has 1 aliphatic rings. The number of nitrogens with one attached hydrogen (secondary N) is 1. The number of amides is 1. The predicted molar refractivity (Wildman–Crippen MR) is 111 cm³/mol. The fourth-order valence-corrected chi connectivity index (χ4v) is 4.89. The molecule has 156 valence electrons. The first-order chi connectivity index (χ1) is 13.8. The molecule has 0 aliphatic carbocycles. The number of benzene rings is 2. The molecule has 8 heteroatoms. The van der Waals surface area contributed by atoms with Gasteiger partial charge in [-0.25, -0.2) is 8.42 Å². The van der Waals surface area contributed by atoms with Crippen LogP contribution in [-0.4, -0.2) is 45.9 Å². The molecule has 0 aromatic heterocycles.